The number of anilines is 2. The summed E-state index contributed by atoms with van der Waals surface area (Å²) in [4.78, 5) is 12.2. The second kappa shape index (κ2) is 5.37. The zero-order valence-electron chi connectivity index (χ0n) is 10.7. The molecule has 5 heteroatoms. The van der Waals surface area contributed by atoms with Crippen molar-refractivity contribution in [1.82, 2.24) is 0 Å². The molecule has 1 atom stereocenters. The molecule has 0 fully saturated rings. The van der Waals surface area contributed by atoms with Crippen LogP contribution in [0.5, 0.6) is 0 Å². The van der Waals surface area contributed by atoms with Crippen molar-refractivity contribution >= 4 is 55.8 Å². The number of fused-ring (bicyclic) bond motifs is 1. The van der Waals surface area contributed by atoms with Crippen molar-refractivity contribution in [3.05, 3.63) is 55.6 Å². The molecule has 2 N–H and O–H groups in total. The average Bonchev–Trinajstić information content (AvgIpc) is 2.70. The van der Waals surface area contributed by atoms with E-state index in [4.69, 9.17) is 0 Å². The number of aryl methyl sites for hydroxylation is 1. The predicted octanol–water partition coefficient (Wildman–Crippen LogP) is 4.47. The van der Waals surface area contributed by atoms with Crippen LogP contribution in [0, 0.1) is 10.5 Å². The molecule has 1 aliphatic heterocycles. The Kier molecular flexibility index (Phi) is 3.72. The minimum Gasteiger partial charge on any atom is -0.370 e. The van der Waals surface area contributed by atoms with Crippen molar-refractivity contribution in [1.29, 1.82) is 0 Å². The number of hydrogen-bond acceptors (Lipinski definition) is 2. The fourth-order valence-corrected chi connectivity index (χ4v) is 3.60. The van der Waals surface area contributed by atoms with Crippen LogP contribution in [0.25, 0.3) is 0 Å². The highest BCUT2D eigenvalue weighted by Gasteiger charge is 2.32. The lowest BCUT2D eigenvalue weighted by Gasteiger charge is -2.16. The van der Waals surface area contributed by atoms with Crippen molar-refractivity contribution in [2.45, 2.75) is 13.0 Å². The first-order valence-corrected chi connectivity index (χ1v) is 8.05. The summed E-state index contributed by atoms with van der Waals surface area (Å²) in [6, 6.07) is 11.6. The number of halogens is 2. The Labute approximate surface area is 139 Å². The molecule has 2 aromatic rings. The molecule has 20 heavy (non-hydrogen) atoms. The smallest absolute Gasteiger partial charge is 0.251 e. The number of carbonyl (C=O) groups is 1. The summed E-state index contributed by atoms with van der Waals surface area (Å²) in [5.41, 5.74) is 3.94. The van der Waals surface area contributed by atoms with Gasteiger partial charge in [0.25, 0.3) is 5.91 Å². The molecule has 1 heterocycles. The molecule has 2 aromatic carbocycles. The van der Waals surface area contributed by atoms with Gasteiger partial charge in [0.15, 0.2) is 0 Å². The van der Waals surface area contributed by atoms with Crippen molar-refractivity contribution in [2.75, 3.05) is 10.6 Å². The van der Waals surface area contributed by atoms with Gasteiger partial charge in [0.2, 0.25) is 0 Å². The first-order chi connectivity index (χ1) is 9.56. The quantitative estimate of drug-likeness (QED) is 0.674. The molecule has 0 saturated heterocycles. The minimum absolute atomic E-state index is 0.0233. The molecular weight excluding hydrogens is 431 g/mol. The lowest BCUT2D eigenvalue weighted by molar-refractivity contribution is -0.116. The standard InChI is InChI=1S/C15H12BrIN2O/c1-8-7-9(17)5-6-11(8)18-14-13-10(16)3-2-4-12(13)19-15(14)20/h2-7,14,18H,1H3,(H,19,20). The van der Waals surface area contributed by atoms with Gasteiger partial charge >= 0.3 is 0 Å². The third-order valence-electron chi connectivity index (χ3n) is 3.35. The Balaban J connectivity index is 1.98. The van der Waals surface area contributed by atoms with E-state index in [2.05, 4.69) is 55.2 Å². The zero-order valence-corrected chi connectivity index (χ0v) is 14.4. The third kappa shape index (κ3) is 2.44. The number of carbonyl (C=O) groups excluding carboxylic acids is 1. The number of amides is 1. The molecule has 0 radical (unpaired) electrons. The molecule has 3 rings (SSSR count). The van der Waals surface area contributed by atoms with Crippen LogP contribution >= 0.6 is 38.5 Å². The summed E-state index contributed by atoms with van der Waals surface area (Å²) in [5.74, 6) is -0.0233. The summed E-state index contributed by atoms with van der Waals surface area (Å²) in [6.45, 7) is 2.04. The monoisotopic (exact) mass is 442 g/mol. The van der Waals surface area contributed by atoms with Crippen LogP contribution in [-0.2, 0) is 4.79 Å². The average molecular weight is 443 g/mol. The normalized spacial score (nSPS) is 16.8. The van der Waals surface area contributed by atoms with E-state index in [0.717, 1.165) is 27.0 Å². The number of rotatable bonds is 2. The molecule has 0 spiro atoms. The van der Waals surface area contributed by atoms with Gasteiger partial charge in [-0.3, -0.25) is 4.79 Å². The molecular formula is C15H12BrIN2O. The van der Waals surface area contributed by atoms with Gasteiger partial charge in [-0.1, -0.05) is 22.0 Å². The maximum atomic E-state index is 12.2. The van der Waals surface area contributed by atoms with Crippen LogP contribution in [0.1, 0.15) is 17.2 Å². The Bertz CT molecular complexity index is 702. The largest absolute Gasteiger partial charge is 0.370 e. The Morgan fingerprint density at radius 2 is 2.10 bits per heavy atom. The molecule has 1 amide bonds. The van der Waals surface area contributed by atoms with Gasteiger partial charge in [-0.25, -0.2) is 0 Å². The number of benzene rings is 2. The SMILES string of the molecule is Cc1cc(I)ccc1NC1C(=O)Nc2cccc(Br)c21. The van der Waals surface area contributed by atoms with Crippen LogP contribution in [0.4, 0.5) is 11.4 Å². The van der Waals surface area contributed by atoms with Crippen LogP contribution in [-0.4, -0.2) is 5.91 Å². The van der Waals surface area contributed by atoms with Crippen LogP contribution in [0.3, 0.4) is 0 Å². The van der Waals surface area contributed by atoms with Gasteiger partial charge in [-0.2, -0.15) is 0 Å². The van der Waals surface area contributed by atoms with E-state index in [1.165, 1.54) is 3.57 Å². The van der Waals surface area contributed by atoms with Gasteiger partial charge in [0.05, 0.1) is 0 Å². The van der Waals surface area contributed by atoms with E-state index in [0.29, 0.717) is 0 Å². The Morgan fingerprint density at radius 1 is 1.30 bits per heavy atom. The third-order valence-corrected chi connectivity index (χ3v) is 4.71. The highest BCUT2D eigenvalue weighted by molar-refractivity contribution is 14.1. The van der Waals surface area contributed by atoms with Gasteiger partial charge in [-0.15, -0.1) is 0 Å². The van der Waals surface area contributed by atoms with Crippen LogP contribution in [0.15, 0.2) is 40.9 Å². The summed E-state index contributed by atoms with van der Waals surface area (Å²) >= 11 is 5.81. The maximum Gasteiger partial charge on any atom is 0.251 e. The van der Waals surface area contributed by atoms with Crippen molar-refractivity contribution < 1.29 is 4.79 Å². The topological polar surface area (TPSA) is 41.1 Å². The first kappa shape index (κ1) is 13.9. The summed E-state index contributed by atoms with van der Waals surface area (Å²) in [5, 5.41) is 6.24. The zero-order chi connectivity index (χ0) is 14.3. The Hall–Kier alpha value is -1.08. The highest BCUT2D eigenvalue weighted by atomic mass is 127. The van der Waals surface area contributed by atoms with Crippen molar-refractivity contribution in [2.24, 2.45) is 0 Å². The second-order valence-corrected chi connectivity index (χ2v) is 6.83. The fraction of sp³-hybridized carbons (Fsp3) is 0.133. The second-order valence-electron chi connectivity index (χ2n) is 4.73. The van der Waals surface area contributed by atoms with E-state index in [1.807, 2.05) is 37.3 Å². The van der Waals surface area contributed by atoms with Gasteiger partial charge in [0.1, 0.15) is 6.04 Å². The molecule has 3 nitrogen and oxygen atoms in total. The summed E-state index contributed by atoms with van der Waals surface area (Å²) in [7, 11) is 0. The van der Waals surface area contributed by atoms with E-state index in [1.54, 1.807) is 0 Å². The van der Waals surface area contributed by atoms with E-state index in [-0.39, 0.29) is 11.9 Å². The highest BCUT2D eigenvalue weighted by Crippen LogP contribution is 2.38. The van der Waals surface area contributed by atoms with E-state index < -0.39 is 0 Å². The molecule has 102 valence electrons. The predicted molar refractivity (Wildman–Crippen MR) is 93.0 cm³/mol. The molecule has 0 aromatic heterocycles. The first-order valence-electron chi connectivity index (χ1n) is 6.18. The van der Waals surface area contributed by atoms with Crippen molar-refractivity contribution in [3.8, 4) is 0 Å². The van der Waals surface area contributed by atoms with Crippen molar-refractivity contribution in [3.63, 3.8) is 0 Å². The molecule has 0 saturated carbocycles. The van der Waals surface area contributed by atoms with Gasteiger partial charge < -0.3 is 10.6 Å². The molecule has 0 bridgehead atoms. The maximum absolute atomic E-state index is 12.2. The molecule has 0 aliphatic carbocycles. The van der Waals surface area contributed by atoms with Crippen LogP contribution in [0.2, 0.25) is 0 Å². The fourth-order valence-electron chi connectivity index (χ4n) is 2.36. The summed E-state index contributed by atoms with van der Waals surface area (Å²) in [6.07, 6.45) is 0. The van der Waals surface area contributed by atoms with Gasteiger partial charge in [-0.05, 0) is 65.4 Å². The van der Waals surface area contributed by atoms with Crippen LogP contribution < -0.4 is 10.6 Å². The summed E-state index contributed by atoms with van der Waals surface area (Å²) < 4.78 is 2.12. The Morgan fingerprint density at radius 3 is 2.85 bits per heavy atom. The number of nitrogens with one attached hydrogen (secondary N) is 2. The lowest BCUT2D eigenvalue weighted by atomic mass is 10.1. The molecule has 1 aliphatic rings. The minimum atomic E-state index is -0.362. The molecule has 1 unspecified atom stereocenters. The van der Waals surface area contributed by atoms with E-state index >= 15 is 0 Å². The lowest BCUT2D eigenvalue weighted by Crippen LogP contribution is -2.20. The van der Waals surface area contributed by atoms with E-state index in [9.17, 15) is 4.79 Å². The van der Waals surface area contributed by atoms with Gasteiger partial charge in [0, 0.05) is 25.0 Å². The number of hydrogen-bond donors (Lipinski definition) is 2.